The summed E-state index contributed by atoms with van der Waals surface area (Å²) in [6.45, 7) is 9.44. The molecule has 1 aromatic heterocycles. The normalized spacial score (nSPS) is 18.7. The molecule has 0 spiro atoms. The van der Waals surface area contributed by atoms with Gasteiger partial charge in [-0.3, -0.25) is 14.3 Å². The largest absolute Gasteiger partial charge is 0.466 e. The van der Waals surface area contributed by atoms with Crippen LogP contribution in [0.2, 0.25) is 0 Å². The van der Waals surface area contributed by atoms with Crippen LogP contribution >= 0.6 is 0 Å². The van der Waals surface area contributed by atoms with E-state index in [-0.39, 0.29) is 29.8 Å². The molecule has 3 unspecified atom stereocenters. The van der Waals surface area contributed by atoms with E-state index in [4.69, 9.17) is 4.74 Å². The van der Waals surface area contributed by atoms with Gasteiger partial charge in [0.15, 0.2) is 0 Å². The molecule has 1 saturated carbocycles. The molecule has 0 radical (unpaired) electrons. The molecule has 1 heterocycles. The Bertz CT molecular complexity index is 862. The lowest BCUT2D eigenvalue weighted by atomic mass is 10.0. The van der Waals surface area contributed by atoms with E-state index in [2.05, 4.69) is 24.2 Å². The number of benzene rings is 1. The Hall–Kier alpha value is -2.63. The standard InChI is InChI=1S/C24H33N3O3/c1-5-27-22(14-17(3)25-27)23(28)26(16-20-15-21(20)24(29)30-6-2)18(4)12-13-19-10-8-7-9-11-19/h7-11,14,18,20-21H,5-6,12-13,15-16H2,1-4H3. The molecule has 1 amide bonds. The third kappa shape index (κ3) is 5.29. The Balaban J connectivity index is 1.74. The molecule has 162 valence electrons. The highest BCUT2D eigenvalue weighted by Crippen LogP contribution is 2.40. The monoisotopic (exact) mass is 411 g/mol. The number of rotatable bonds is 10. The van der Waals surface area contributed by atoms with Gasteiger partial charge in [-0.05, 0) is 64.5 Å². The van der Waals surface area contributed by atoms with Crippen molar-refractivity contribution in [3.05, 3.63) is 53.3 Å². The summed E-state index contributed by atoms with van der Waals surface area (Å²) in [4.78, 5) is 27.5. The smallest absolute Gasteiger partial charge is 0.309 e. The molecule has 6 heteroatoms. The van der Waals surface area contributed by atoms with Gasteiger partial charge in [0.05, 0.1) is 18.2 Å². The van der Waals surface area contributed by atoms with E-state index >= 15 is 0 Å². The molecular formula is C24H33N3O3. The van der Waals surface area contributed by atoms with Crippen LogP contribution in [0, 0.1) is 18.8 Å². The molecule has 0 bridgehead atoms. The lowest BCUT2D eigenvalue weighted by Crippen LogP contribution is -2.41. The molecule has 6 nitrogen and oxygen atoms in total. The van der Waals surface area contributed by atoms with Crippen molar-refractivity contribution in [3.8, 4) is 0 Å². The lowest BCUT2D eigenvalue weighted by molar-refractivity contribution is -0.145. The summed E-state index contributed by atoms with van der Waals surface area (Å²) in [5, 5.41) is 4.44. The highest BCUT2D eigenvalue weighted by atomic mass is 16.5. The predicted octanol–water partition coefficient (Wildman–Crippen LogP) is 3.87. The van der Waals surface area contributed by atoms with Crippen LogP contribution in [0.3, 0.4) is 0 Å². The SMILES string of the molecule is CCOC(=O)C1CC1CN(C(=O)c1cc(C)nn1CC)C(C)CCc1ccccc1. The van der Waals surface area contributed by atoms with Gasteiger partial charge >= 0.3 is 5.97 Å². The number of carbonyl (C=O) groups is 2. The van der Waals surface area contributed by atoms with Crippen LogP contribution in [0.25, 0.3) is 0 Å². The van der Waals surface area contributed by atoms with Gasteiger partial charge in [-0.15, -0.1) is 0 Å². The van der Waals surface area contributed by atoms with Gasteiger partial charge in [0, 0.05) is 19.1 Å². The van der Waals surface area contributed by atoms with Crippen LogP contribution in [0.5, 0.6) is 0 Å². The minimum Gasteiger partial charge on any atom is -0.466 e. The minimum atomic E-state index is -0.138. The average Bonchev–Trinajstić information content (AvgIpc) is 3.42. The Morgan fingerprint density at radius 3 is 2.67 bits per heavy atom. The second-order valence-electron chi connectivity index (χ2n) is 8.17. The number of aromatic nitrogens is 2. The maximum atomic E-state index is 13.5. The van der Waals surface area contributed by atoms with Crippen LogP contribution in [-0.2, 0) is 22.5 Å². The summed E-state index contributed by atoms with van der Waals surface area (Å²) in [5.74, 6) is -0.0560. The fourth-order valence-electron chi connectivity index (χ4n) is 3.98. The van der Waals surface area contributed by atoms with Crippen molar-refractivity contribution in [1.29, 1.82) is 0 Å². The Morgan fingerprint density at radius 2 is 2.00 bits per heavy atom. The van der Waals surface area contributed by atoms with Crippen LogP contribution in [0.1, 0.15) is 55.4 Å². The molecule has 0 saturated heterocycles. The first kappa shape index (κ1) is 22.1. The van der Waals surface area contributed by atoms with Crippen LogP contribution < -0.4 is 0 Å². The molecule has 2 aromatic rings. The molecule has 1 aliphatic carbocycles. The van der Waals surface area contributed by atoms with Crippen molar-refractivity contribution in [2.75, 3.05) is 13.2 Å². The van der Waals surface area contributed by atoms with Crippen molar-refractivity contribution in [2.24, 2.45) is 11.8 Å². The first-order valence-electron chi connectivity index (χ1n) is 11.0. The van der Waals surface area contributed by atoms with E-state index in [0.717, 1.165) is 25.0 Å². The lowest BCUT2D eigenvalue weighted by Gasteiger charge is -2.30. The maximum Gasteiger partial charge on any atom is 0.309 e. The van der Waals surface area contributed by atoms with E-state index in [1.165, 1.54) is 5.56 Å². The number of nitrogens with zero attached hydrogens (tertiary/aromatic N) is 3. The average molecular weight is 412 g/mol. The van der Waals surface area contributed by atoms with E-state index in [1.54, 1.807) is 4.68 Å². The van der Waals surface area contributed by atoms with Crippen LogP contribution in [0.4, 0.5) is 0 Å². The second kappa shape index (κ2) is 9.92. The molecular weight excluding hydrogens is 378 g/mol. The summed E-state index contributed by atoms with van der Waals surface area (Å²) in [5.41, 5.74) is 2.73. The summed E-state index contributed by atoms with van der Waals surface area (Å²) in [6, 6.07) is 12.2. The van der Waals surface area contributed by atoms with Gasteiger partial charge in [-0.2, -0.15) is 5.10 Å². The van der Waals surface area contributed by atoms with Crippen LogP contribution in [0.15, 0.2) is 36.4 Å². The third-order valence-corrected chi connectivity index (χ3v) is 5.85. The van der Waals surface area contributed by atoms with Crippen LogP contribution in [-0.4, -0.2) is 45.8 Å². The zero-order chi connectivity index (χ0) is 21.7. The Morgan fingerprint density at radius 1 is 1.27 bits per heavy atom. The van der Waals surface area contributed by atoms with Gasteiger partial charge in [0.2, 0.25) is 0 Å². The zero-order valence-corrected chi connectivity index (χ0v) is 18.5. The number of aryl methyl sites for hydroxylation is 3. The molecule has 1 aromatic carbocycles. The summed E-state index contributed by atoms with van der Waals surface area (Å²) in [7, 11) is 0. The Kier molecular flexibility index (Phi) is 7.29. The number of hydrogen-bond donors (Lipinski definition) is 0. The molecule has 30 heavy (non-hydrogen) atoms. The van der Waals surface area contributed by atoms with Crippen molar-refractivity contribution >= 4 is 11.9 Å². The highest BCUT2D eigenvalue weighted by molar-refractivity contribution is 5.93. The van der Waals surface area contributed by atoms with Gasteiger partial charge in [0.1, 0.15) is 5.69 Å². The maximum absolute atomic E-state index is 13.5. The fourth-order valence-corrected chi connectivity index (χ4v) is 3.98. The fraction of sp³-hybridized carbons (Fsp3) is 0.542. The summed E-state index contributed by atoms with van der Waals surface area (Å²) < 4.78 is 6.94. The second-order valence-corrected chi connectivity index (χ2v) is 8.17. The van der Waals surface area contributed by atoms with Gasteiger partial charge in [-0.25, -0.2) is 0 Å². The molecule has 1 aliphatic rings. The quantitative estimate of drug-likeness (QED) is 0.557. The van der Waals surface area contributed by atoms with Crippen molar-refractivity contribution in [1.82, 2.24) is 14.7 Å². The molecule has 3 rings (SSSR count). The van der Waals surface area contributed by atoms with E-state index < -0.39 is 0 Å². The zero-order valence-electron chi connectivity index (χ0n) is 18.5. The third-order valence-electron chi connectivity index (χ3n) is 5.85. The molecule has 0 N–H and O–H groups in total. The van der Waals surface area contributed by atoms with Crippen molar-refractivity contribution in [3.63, 3.8) is 0 Å². The van der Waals surface area contributed by atoms with Gasteiger partial charge in [-0.1, -0.05) is 30.3 Å². The first-order chi connectivity index (χ1) is 14.4. The van der Waals surface area contributed by atoms with Crippen molar-refractivity contribution in [2.45, 2.75) is 59.5 Å². The van der Waals surface area contributed by atoms with E-state index in [1.807, 2.05) is 49.9 Å². The predicted molar refractivity (Wildman–Crippen MR) is 116 cm³/mol. The summed E-state index contributed by atoms with van der Waals surface area (Å²) in [6.07, 6.45) is 2.57. The first-order valence-corrected chi connectivity index (χ1v) is 11.0. The number of ether oxygens (including phenoxy) is 1. The van der Waals surface area contributed by atoms with E-state index in [9.17, 15) is 9.59 Å². The minimum absolute atomic E-state index is 0.00693. The van der Waals surface area contributed by atoms with E-state index in [0.29, 0.717) is 25.4 Å². The summed E-state index contributed by atoms with van der Waals surface area (Å²) >= 11 is 0. The number of hydrogen-bond acceptors (Lipinski definition) is 4. The number of esters is 1. The topological polar surface area (TPSA) is 64.4 Å². The molecule has 0 aliphatic heterocycles. The Labute approximate surface area is 179 Å². The highest BCUT2D eigenvalue weighted by Gasteiger charge is 2.46. The number of carbonyl (C=O) groups excluding carboxylic acids is 2. The number of amides is 1. The molecule has 3 atom stereocenters. The van der Waals surface area contributed by atoms with Gasteiger partial charge < -0.3 is 9.64 Å². The molecule has 1 fully saturated rings. The van der Waals surface area contributed by atoms with Crippen molar-refractivity contribution < 1.29 is 14.3 Å². The van der Waals surface area contributed by atoms with Gasteiger partial charge in [0.25, 0.3) is 5.91 Å².